The minimum absolute atomic E-state index is 0.0238. The van der Waals surface area contributed by atoms with Crippen LogP contribution in [-0.4, -0.2) is 79.7 Å². The molecule has 226 valence electrons. The Hall–Kier alpha value is -1.18. The molecular weight excluding hydrogens is 482 g/mol. The first-order valence-corrected chi connectivity index (χ1v) is 15.6. The molecule has 0 spiro atoms. The third-order valence-corrected chi connectivity index (χ3v) is 7.24. The van der Waals surface area contributed by atoms with E-state index in [4.69, 9.17) is 9.47 Å². The second-order valence-corrected chi connectivity index (χ2v) is 11.9. The van der Waals surface area contributed by atoms with Crippen molar-refractivity contribution in [3.05, 3.63) is 0 Å². The molecule has 0 amide bonds. The van der Waals surface area contributed by atoms with Gasteiger partial charge in [-0.2, -0.15) is 0 Å². The fourth-order valence-electron chi connectivity index (χ4n) is 4.74. The van der Waals surface area contributed by atoms with Crippen LogP contribution in [-0.2, 0) is 19.1 Å². The Bertz CT molecular complexity index is 563. The molecule has 0 saturated heterocycles. The number of carbonyl (C=O) groups excluding carboxylic acids is 1. The third kappa shape index (κ3) is 23.9. The summed E-state index contributed by atoms with van der Waals surface area (Å²) >= 11 is 0. The number of unbranched alkanes of at least 4 members (excludes halogenated alkanes) is 17. The molecule has 0 aliphatic rings. The number of aliphatic hydroxyl groups is 1. The summed E-state index contributed by atoms with van der Waals surface area (Å²) in [5.41, 5.74) is 0. The van der Waals surface area contributed by atoms with Gasteiger partial charge in [-0.25, -0.2) is 4.79 Å². The maximum Gasteiger partial charge on any atom is 0.362 e. The van der Waals surface area contributed by atoms with Gasteiger partial charge in [-0.3, -0.25) is 4.79 Å². The molecule has 7 heteroatoms. The van der Waals surface area contributed by atoms with Gasteiger partial charge in [0.25, 0.3) is 0 Å². The largest absolute Gasteiger partial charge is 0.477 e. The van der Waals surface area contributed by atoms with E-state index >= 15 is 0 Å². The number of aliphatic hydroxyl groups excluding tert-OH is 1. The molecule has 0 saturated carbocycles. The number of quaternary nitrogens is 1. The minimum atomic E-state index is -0.897. The first kappa shape index (κ1) is 36.8. The van der Waals surface area contributed by atoms with Gasteiger partial charge >= 0.3 is 11.9 Å². The summed E-state index contributed by atoms with van der Waals surface area (Å²) < 4.78 is 10.8. The van der Waals surface area contributed by atoms with Crippen LogP contribution in [0, 0.1) is 0 Å². The van der Waals surface area contributed by atoms with Gasteiger partial charge in [0.1, 0.15) is 12.7 Å². The van der Waals surface area contributed by atoms with Crippen molar-refractivity contribution in [2.45, 2.75) is 147 Å². The Morgan fingerprint density at radius 2 is 1.11 bits per heavy atom. The molecule has 38 heavy (non-hydrogen) atoms. The average Bonchev–Trinajstić information content (AvgIpc) is 2.85. The average molecular weight is 545 g/mol. The summed E-state index contributed by atoms with van der Waals surface area (Å²) in [6, 6.07) is -0.570. The highest BCUT2D eigenvalue weighted by Crippen LogP contribution is 2.15. The Kier molecular flexibility index (Phi) is 24.1. The molecule has 0 aromatic rings. The second kappa shape index (κ2) is 24.8. The highest BCUT2D eigenvalue weighted by atomic mass is 16.5. The van der Waals surface area contributed by atoms with Crippen molar-refractivity contribution in [1.29, 1.82) is 0 Å². The van der Waals surface area contributed by atoms with Gasteiger partial charge in [-0.05, 0) is 6.42 Å². The molecule has 0 aliphatic heterocycles. The number of likely N-dealkylation sites (N-methyl/N-ethyl adjacent to an activating group) is 1. The van der Waals surface area contributed by atoms with Crippen molar-refractivity contribution in [1.82, 2.24) is 0 Å². The molecule has 0 bridgehead atoms. The molecule has 0 fully saturated rings. The molecule has 0 aliphatic carbocycles. The zero-order valence-corrected chi connectivity index (χ0v) is 25.4. The van der Waals surface area contributed by atoms with Gasteiger partial charge in [0, 0.05) is 12.8 Å². The van der Waals surface area contributed by atoms with Gasteiger partial charge < -0.3 is 24.2 Å². The Morgan fingerprint density at radius 3 is 1.50 bits per heavy atom. The topological polar surface area (TPSA) is 93.1 Å². The summed E-state index contributed by atoms with van der Waals surface area (Å²) in [6.07, 6.45) is 23.5. The number of aliphatic carboxylic acids is 1. The first-order valence-electron chi connectivity index (χ1n) is 15.6. The first-order chi connectivity index (χ1) is 18.2. The molecule has 0 aromatic heterocycles. The van der Waals surface area contributed by atoms with E-state index in [1.54, 1.807) is 0 Å². The van der Waals surface area contributed by atoms with E-state index in [1.807, 2.05) is 21.1 Å². The molecule has 2 unspecified atom stereocenters. The number of ether oxygens (including phenoxy) is 2. The molecule has 0 radical (unpaired) electrons. The van der Waals surface area contributed by atoms with E-state index in [-0.39, 0.29) is 25.8 Å². The van der Waals surface area contributed by atoms with Gasteiger partial charge in [-0.15, -0.1) is 0 Å². The molecule has 0 aromatic carbocycles. The molecule has 2 N–H and O–H groups in total. The Morgan fingerprint density at radius 1 is 0.684 bits per heavy atom. The van der Waals surface area contributed by atoms with Crippen LogP contribution in [0.3, 0.4) is 0 Å². The van der Waals surface area contributed by atoms with E-state index in [9.17, 15) is 19.8 Å². The number of hydrogen-bond donors (Lipinski definition) is 2. The minimum Gasteiger partial charge on any atom is -0.477 e. The number of carboxylic acids is 1. The molecule has 2 atom stereocenters. The van der Waals surface area contributed by atoms with Gasteiger partial charge in [0.15, 0.2) is 6.04 Å². The quantitative estimate of drug-likeness (QED) is 0.0633. The van der Waals surface area contributed by atoms with Crippen LogP contribution in [0.2, 0.25) is 0 Å². The maximum atomic E-state index is 11.9. The van der Waals surface area contributed by atoms with Crippen LogP contribution >= 0.6 is 0 Å². The van der Waals surface area contributed by atoms with Crippen LogP contribution in [0.1, 0.15) is 135 Å². The summed E-state index contributed by atoms with van der Waals surface area (Å²) in [5, 5.41) is 19.2. The van der Waals surface area contributed by atoms with Crippen LogP contribution in [0.4, 0.5) is 0 Å². The zero-order valence-electron chi connectivity index (χ0n) is 25.4. The van der Waals surface area contributed by atoms with E-state index in [0.29, 0.717) is 17.3 Å². The summed E-state index contributed by atoms with van der Waals surface area (Å²) in [5.74, 6) is -1.15. The van der Waals surface area contributed by atoms with Crippen LogP contribution in [0.25, 0.3) is 0 Å². The molecule has 7 nitrogen and oxygen atoms in total. The van der Waals surface area contributed by atoms with E-state index in [1.165, 1.54) is 96.3 Å². The van der Waals surface area contributed by atoms with Crippen molar-refractivity contribution < 1.29 is 33.8 Å². The fraction of sp³-hybridized carbons (Fsp3) is 0.935. The van der Waals surface area contributed by atoms with Crippen molar-refractivity contribution in [3.8, 4) is 0 Å². The van der Waals surface area contributed by atoms with Crippen molar-refractivity contribution in [2.75, 3.05) is 41.0 Å². The highest BCUT2D eigenvalue weighted by molar-refractivity contribution is 5.72. The number of rotatable bonds is 28. The molecule has 0 heterocycles. The van der Waals surface area contributed by atoms with Crippen molar-refractivity contribution in [3.63, 3.8) is 0 Å². The van der Waals surface area contributed by atoms with Gasteiger partial charge in [-0.1, -0.05) is 116 Å². The van der Waals surface area contributed by atoms with E-state index < -0.39 is 18.1 Å². The second-order valence-electron chi connectivity index (χ2n) is 11.9. The van der Waals surface area contributed by atoms with Crippen LogP contribution < -0.4 is 0 Å². The van der Waals surface area contributed by atoms with Crippen molar-refractivity contribution >= 4 is 11.9 Å². The smallest absolute Gasteiger partial charge is 0.362 e. The molecular formula is C31H62NO6+. The van der Waals surface area contributed by atoms with Gasteiger partial charge in [0.05, 0.1) is 34.4 Å². The lowest BCUT2D eigenvalue weighted by Crippen LogP contribution is -2.50. The molecule has 0 rings (SSSR count). The normalized spacial score (nSPS) is 13.4. The number of carbonyl (C=O) groups is 2. The number of nitrogens with zero attached hydrogens (tertiary/aromatic N) is 1. The SMILES string of the molecule is CCCCCCCCCCCCCCCCCCCCC(=O)OCC(O)COCCC(C(=O)O)[N+](C)(C)C. The Labute approximate surface area is 234 Å². The zero-order chi connectivity index (χ0) is 28.5. The summed E-state index contributed by atoms with van der Waals surface area (Å²) in [4.78, 5) is 23.2. The highest BCUT2D eigenvalue weighted by Gasteiger charge is 2.30. The number of carboxylic acid groups (broad SMARTS) is 1. The predicted octanol–water partition coefficient (Wildman–Crippen LogP) is 6.89. The van der Waals surface area contributed by atoms with Crippen LogP contribution in [0.15, 0.2) is 0 Å². The predicted molar refractivity (Wildman–Crippen MR) is 155 cm³/mol. The maximum absolute atomic E-state index is 11.9. The van der Waals surface area contributed by atoms with Crippen LogP contribution in [0.5, 0.6) is 0 Å². The summed E-state index contributed by atoms with van der Waals surface area (Å²) in [6.45, 7) is 2.44. The lowest BCUT2D eigenvalue weighted by atomic mass is 10.0. The number of esters is 1. The Balaban J connectivity index is 3.44. The van der Waals surface area contributed by atoms with Gasteiger partial charge in [0.2, 0.25) is 0 Å². The van der Waals surface area contributed by atoms with E-state index in [0.717, 1.165) is 19.3 Å². The monoisotopic (exact) mass is 544 g/mol. The van der Waals surface area contributed by atoms with Crippen molar-refractivity contribution in [2.24, 2.45) is 0 Å². The standard InChI is InChI=1S/C31H61NO6/c1-5-6-7-8-9-10-11-12-13-14-15-16-17-18-19-20-21-22-23-30(34)38-27-28(33)26-37-25-24-29(31(35)36)32(2,3)4/h28-29,33H,5-27H2,1-4H3/p+1. The third-order valence-electron chi connectivity index (χ3n) is 7.24. The van der Waals surface area contributed by atoms with E-state index in [2.05, 4.69) is 6.92 Å². The fourth-order valence-corrected chi connectivity index (χ4v) is 4.74. The lowest BCUT2D eigenvalue weighted by molar-refractivity contribution is -0.887. The number of hydrogen-bond acceptors (Lipinski definition) is 5. The lowest BCUT2D eigenvalue weighted by Gasteiger charge is -2.31. The summed E-state index contributed by atoms with van der Waals surface area (Å²) in [7, 11) is 5.48.